The molecule has 0 atom stereocenters. The number of benzene rings is 1. The van der Waals surface area contributed by atoms with Gasteiger partial charge in [0.2, 0.25) is 0 Å². The summed E-state index contributed by atoms with van der Waals surface area (Å²) in [6, 6.07) is 5.39. The number of quaternary nitrogens is 1. The summed E-state index contributed by atoms with van der Waals surface area (Å²) >= 11 is 0. The molecule has 0 unspecified atom stereocenters. The van der Waals surface area contributed by atoms with E-state index in [2.05, 4.69) is 20.8 Å². The SMILES string of the molecule is CC[N+](CC)(CC)CCCOc1ccc(N)cc1N. The first kappa shape index (κ1) is 15.6. The van der Waals surface area contributed by atoms with Crippen LogP contribution in [0.5, 0.6) is 5.75 Å². The zero-order chi connectivity index (χ0) is 14.3. The average molecular weight is 266 g/mol. The van der Waals surface area contributed by atoms with Crippen molar-refractivity contribution in [2.45, 2.75) is 27.2 Å². The number of hydrogen-bond acceptors (Lipinski definition) is 3. The van der Waals surface area contributed by atoms with Crippen LogP contribution in [0.15, 0.2) is 18.2 Å². The average Bonchev–Trinajstić information content (AvgIpc) is 2.42. The van der Waals surface area contributed by atoms with Crippen LogP contribution >= 0.6 is 0 Å². The zero-order valence-corrected chi connectivity index (χ0v) is 12.5. The highest BCUT2D eigenvalue weighted by Crippen LogP contribution is 2.23. The van der Waals surface area contributed by atoms with Gasteiger partial charge in [-0.3, -0.25) is 0 Å². The minimum absolute atomic E-state index is 0.613. The molecule has 0 bridgehead atoms. The highest BCUT2D eigenvalue weighted by Gasteiger charge is 2.19. The molecule has 4 N–H and O–H groups in total. The van der Waals surface area contributed by atoms with E-state index in [1.54, 1.807) is 6.07 Å². The zero-order valence-electron chi connectivity index (χ0n) is 12.5. The molecule has 0 heterocycles. The Labute approximate surface area is 116 Å². The van der Waals surface area contributed by atoms with Crippen molar-refractivity contribution in [1.82, 2.24) is 0 Å². The first-order valence-electron chi connectivity index (χ1n) is 7.19. The summed E-state index contributed by atoms with van der Waals surface area (Å²) in [6.07, 6.45) is 1.04. The molecule has 0 aliphatic carbocycles. The molecule has 0 spiro atoms. The highest BCUT2D eigenvalue weighted by molar-refractivity contribution is 5.60. The summed E-state index contributed by atoms with van der Waals surface area (Å²) in [5, 5.41) is 0. The molecule has 0 radical (unpaired) electrons. The fraction of sp³-hybridized carbons (Fsp3) is 0.600. The Morgan fingerprint density at radius 3 is 2.21 bits per heavy atom. The molecule has 4 heteroatoms. The second-order valence-electron chi connectivity index (χ2n) is 5.01. The maximum atomic E-state index is 5.86. The van der Waals surface area contributed by atoms with Gasteiger partial charge in [-0.05, 0) is 39.0 Å². The van der Waals surface area contributed by atoms with Crippen molar-refractivity contribution >= 4 is 11.4 Å². The molecule has 1 aromatic carbocycles. The monoisotopic (exact) mass is 266 g/mol. The third kappa shape index (κ3) is 4.31. The summed E-state index contributed by atoms with van der Waals surface area (Å²) in [5.74, 6) is 0.733. The summed E-state index contributed by atoms with van der Waals surface area (Å²) in [5.41, 5.74) is 12.8. The lowest BCUT2D eigenvalue weighted by atomic mass is 10.2. The standard InChI is InChI=1S/C15H28N3O/c1-4-18(5-2,6-3)10-7-11-19-15-9-8-13(16)12-14(15)17/h8-9,12H,4-7,10-11,16-17H2,1-3H3/q+1. The summed E-state index contributed by atoms with van der Waals surface area (Å²) in [6.45, 7) is 12.2. The molecule has 0 aliphatic rings. The van der Waals surface area contributed by atoms with E-state index in [-0.39, 0.29) is 0 Å². The van der Waals surface area contributed by atoms with Crippen molar-refractivity contribution in [2.75, 3.05) is 44.3 Å². The summed E-state index contributed by atoms with van der Waals surface area (Å²) in [7, 11) is 0. The fourth-order valence-corrected chi connectivity index (χ4v) is 2.43. The van der Waals surface area contributed by atoms with Gasteiger partial charge in [0.05, 0.1) is 38.5 Å². The minimum Gasteiger partial charge on any atom is -0.491 e. The van der Waals surface area contributed by atoms with E-state index < -0.39 is 0 Å². The normalized spacial score (nSPS) is 11.5. The van der Waals surface area contributed by atoms with Crippen LogP contribution in [-0.4, -0.2) is 37.3 Å². The van der Waals surface area contributed by atoms with Gasteiger partial charge in [0.1, 0.15) is 5.75 Å². The lowest BCUT2D eigenvalue weighted by molar-refractivity contribution is -0.923. The molecule has 0 aromatic heterocycles. The summed E-state index contributed by atoms with van der Waals surface area (Å²) < 4.78 is 6.88. The molecule has 0 aliphatic heterocycles. The van der Waals surface area contributed by atoms with E-state index in [0.29, 0.717) is 18.0 Å². The first-order chi connectivity index (χ1) is 9.06. The van der Waals surface area contributed by atoms with Gasteiger partial charge in [0, 0.05) is 12.1 Å². The van der Waals surface area contributed by atoms with Crippen LogP contribution in [0.1, 0.15) is 27.2 Å². The molecule has 4 nitrogen and oxygen atoms in total. The van der Waals surface area contributed by atoms with Crippen LogP contribution in [0, 0.1) is 0 Å². The third-order valence-corrected chi connectivity index (χ3v) is 4.08. The molecular weight excluding hydrogens is 238 g/mol. The maximum Gasteiger partial charge on any atom is 0.142 e. The Bertz CT molecular complexity index is 381. The van der Waals surface area contributed by atoms with Gasteiger partial charge in [-0.2, -0.15) is 0 Å². The number of nitrogens with two attached hydrogens (primary N) is 2. The van der Waals surface area contributed by atoms with E-state index >= 15 is 0 Å². The third-order valence-electron chi connectivity index (χ3n) is 4.08. The van der Waals surface area contributed by atoms with Crippen LogP contribution in [0.4, 0.5) is 11.4 Å². The Morgan fingerprint density at radius 1 is 1.05 bits per heavy atom. The lowest BCUT2D eigenvalue weighted by Crippen LogP contribution is -2.48. The van der Waals surface area contributed by atoms with E-state index in [1.165, 1.54) is 19.6 Å². The van der Waals surface area contributed by atoms with Gasteiger partial charge in [-0.1, -0.05) is 0 Å². The van der Waals surface area contributed by atoms with Crippen LogP contribution in [0.25, 0.3) is 0 Å². The van der Waals surface area contributed by atoms with E-state index in [4.69, 9.17) is 16.2 Å². The molecule has 1 aromatic rings. The number of nitrogens with zero attached hydrogens (tertiary/aromatic N) is 1. The second-order valence-corrected chi connectivity index (χ2v) is 5.01. The quantitative estimate of drug-likeness (QED) is 0.432. The number of ether oxygens (including phenoxy) is 1. The minimum atomic E-state index is 0.613. The Morgan fingerprint density at radius 2 is 1.68 bits per heavy atom. The van der Waals surface area contributed by atoms with Crippen molar-refractivity contribution in [3.8, 4) is 5.75 Å². The Kier molecular flexibility index (Phi) is 5.96. The summed E-state index contributed by atoms with van der Waals surface area (Å²) in [4.78, 5) is 0. The van der Waals surface area contributed by atoms with Gasteiger partial charge in [-0.15, -0.1) is 0 Å². The van der Waals surface area contributed by atoms with Gasteiger partial charge >= 0.3 is 0 Å². The highest BCUT2D eigenvalue weighted by atomic mass is 16.5. The molecule has 0 saturated carbocycles. The van der Waals surface area contributed by atoms with Gasteiger partial charge in [0.25, 0.3) is 0 Å². The largest absolute Gasteiger partial charge is 0.491 e. The molecule has 0 amide bonds. The molecule has 0 fully saturated rings. The lowest BCUT2D eigenvalue weighted by Gasteiger charge is -2.35. The first-order valence-corrected chi connectivity index (χ1v) is 7.19. The second kappa shape index (κ2) is 7.24. The molecule has 0 saturated heterocycles. The molecule has 108 valence electrons. The molecule has 1 rings (SSSR count). The van der Waals surface area contributed by atoms with E-state index in [9.17, 15) is 0 Å². The van der Waals surface area contributed by atoms with Crippen molar-refractivity contribution in [3.63, 3.8) is 0 Å². The van der Waals surface area contributed by atoms with Gasteiger partial charge < -0.3 is 20.7 Å². The van der Waals surface area contributed by atoms with Crippen LogP contribution in [-0.2, 0) is 0 Å². The smallest absolute Gasteiger partial charge is 0.142 e. The number of anilines is 2. The predicted molar refractivity (Wildman–Crippen MR) is 82.1 cm³/mol. The van der Waals surface area contributed by atoms with Crippen molar-refractivity contribution in [2.24, 2.45) is 0 Å². The number of rotatable bonds is 8. The number of hydrogen-bond donors (Lipinski definition) is 2. The Balaban J connectivity index is 2.42. The molecule has 19 heavy (non-hydrogen) atoms. The van der Waals surface area contributed by atoms with Crippen molar-refractivity contribution in [3.05, 3.63) is 18.2 Å². The topological polar surface area (TPSA) is 61.3 Å². The predicted octanol–water partition coefficient (Wildman–Crippen LogP) is 2.50. The van der Waals surface area contributed by atoms with Crippen LogP contribution < -0.4 is 16.2 Å². The van der Waals surface area contributed by atoms with Gasteiger partial charge in [-0.25, -0.2) is 0 Å². The van der Waals surface area contributed by atoms with Crippen molar-refractivity contribution < 1.29 is 9.22 Å². The maximum absolute atomic E-state index is 5.86. The van der Waals surface area contributed by atoms with Crippen LogP contribution in [0.2, 0.25) is 0 Å². The van der Waals surface area contributed by atoms with Crippen LogP contribution in [0.3, 0.4) is 0 Å². The van der Waals surface area contributed by atoms with E-state index in [1.807, 2.05) is 12.1 Å². The fourth-order valence-electron chi connectivity index (χ4n) is 2.43. The Hall–Kier alpha value is -1.42. The van der Waals surface area contributed by atoms with Gasteiger partial charge in [0.15, 0.2) is 0 Å². The van der Waals surface area contributed by atoms with E-state index in [0.717, 1.165) is 23.2 Å². The van der Waals surface area contributed by atoms with Crippen molar-refractivity contribution in [1.29, 1.82) is 0 Å². The molecular formula is C15H28N3O+. The number of nitrogen functional groups attached to an aromatic ring is 2.